The standard InChI is InChI=1S/C11H11NO5S/c1-18(16,17)9-4-2-3-8(7-9)12-10(13)5-6-11(14)15/h2-7H,1H3,(H,12,13)(H,14,15)/b6-5+. The summed E-state index contributed by atoms with van der Waals surface area (Å²) in [6.07, 6.45) is 2.59. The van der Waals surface area contributed by atoms with Crippen LogP contribution in [0.25, 0.3) is 0 Å². The zero-order valence-corrected chi connectivity index (χ0v) is 10.3. The Bertz CT molecular complexity index is 604. The Hall–Kier alpha value is -2.15. The zero-order chi connectivity index (χ0) is 13.8. The number of carboxylic acid groups (broad SMARTS) is 1. The van der Waals surface area contributed by atoms with Gasteiger partial charge in [-0.2, -0.15) is 0 Å². The van der Waals surface area contributed by atoms with Crippen LogP contribution in [-0.4, -0.2) is 31.7 Å². The van der Waals surface area contributed by atoms with Crippen molar-refractivity contribution < 1.29 is 23.1 Å². The number of carboxylic acids is 1. The van der Waals surface area contributed by atoms with Gasteiger partial charge in [-0.05, 0) is 18.2 Å². The second kappa shape index (κ2) is 5.46. The van der Waals surface area contributed by atoms with Crippen molar-refractivity contribution in [1.29, 1.82) is 0 Å². The first-order valence-electron chi connectivity index (χ1n) is 4.81. The summed E-state index contributed by atoms with van der Waals surface area (Å²) in [5.41, 5.74) is 0.276. The van der Waals surface area contributed by atoms with E-state index < -0.39 is 21.7 Å². The minimum Gasteiger partial charge on any atom is -0.478 e. The van der Waals surface area contributed by atoms with Gasteiger partial charge in [0.25, 0.3) is 0 Å². The molecule has 0 aliphatic heterocycles. The minimum atomic E-state index is -3.35. The second-order valence-electron chi connectivity index (χ2n) is 3.46. The van der Waals surface area contributed by atoms with Gasteiger partial charge in [0.15, 0.2) is 9.84 Å². The molecule has 0 spiro atoms. The highest BCUT2D eigenvalue weighted by Gasteiger charge is 2.08. The molecule has 18 heavy (non-hydrogen) atoms. The van der Waals surface area contributed by atoms with Crippen LogP contribution in [0.4, 0.5) is 5.69 Å². The predicted octanol–water partition coefficient (Wildman–Crippen LogP) is 0.669. The summed E-state index contributed by atoms with van der Waals surface area (Å²) in [5, 5.41) is 10.7. The Morgan fingerprint density at radius 1 is 1.28 bits per heavy atom. The molecule has 7 heteroatoms. The van der Waals surface area contributed by atoms with Crippen LogP contribution in [0.1, 0.15) is 0 Å². The maximum absolute atomic E-state index is 11.3. The van der Waals surface area contributed by atoms with E-state index in [2.05, 4.69) is 5.32 Å². The number of carbonyl (C=O) groups is 2. The number of benzene rings is 1. The summed E-state index contributed by atoms with van der Waals surface area (Å²) in [6, 6.07) is 5.67. The third-order valence-corrected chi connectivity index (χ3v) is 3.02. The van der Waals surface area contributed by atoms with Gasteiger partial charge in [-0.3, -0.25) is 4.79 Å². The number of aliphatic carboxylic acids is 1. The van der Waals surface area contributed by atoms with Gasteiger partial charge in [-0.15, -0.1) is 0 Å². The van der Waals surface area contributed by atoms with Gasteiger partial charge in [0.2, 0.25) is 5.91 Å². The van der Waals surface area contributed by atoms with E-state index in [9.17, 15) is 18.0 Å². The SMILES string of the molecule is CS(=O)(=O)c1cccc(NC(=O)/C=C/C(=O)O)c1. The lowest BCUT2D eigenvalue weighted by atomic mass is 10.3. The van der Waals surface area contributed by atoms with Crippen molar-refractivity contribution in [1.82, 2.24) is 0 Å². The average molecular weight is 269 g/mol. The summed E-state index contributed by atoms with van der Waals surface area (Å²) in [4.78, 5) is 21.5. The summed E-state index contributed by atoms with van der Waals surface area (Å²) < 4.78 is 22.6. The molecular weight excluding hydrogens is 258 g/mol. The summed E-state index contributed by atoms with van der Waals surface area (Å²) in [5.74, 6) is -1.89. The Morgan fingerprint density at radius 3 is 2.50 bits per heavy atom. The van der Waals surface area contributed by atoms with E-state index in [4.69, 9.17) is 5.11 Å². The number of carbonyl (C=O) groups excluding carboxylic acids is 1. The summed E-state index contributed by atoms with van der Waals surface area (Å²) in [7, 11) is -3.35. The quantitative estimate of drug-likeness (QED) is 0.782. The predicted molar refractivity (Wildman–Crippen MR) is 65.0 cm³/mol. The van der Waals surface area contributed by atoms with E-state index in [0.29, 0.717) is 6.08 Å². The highest BCUT2D eigenvalue weighted by atomic mass is 32.2. The van der Waals surface area contributed by atoms with Crippen LogP contribution in [0.15, 0.2) is 41.3 Å². The van der Waals surface area contributed by atoms with Crippen LogP contribution in [0, 0.1) is 0 Å². The molecule has 0 radical (unpaired) electrons. The van der Waals surface area contributed by atoms with E-state index in [-0.39, 0.29) is 10.6 Å². The fourth-order valence-electron chi connectivity index (χ4n) is 1.14. The monoisotopic (exact) mass is 269 g/mol. The Labute approximate surface area is 104 Å². The van der Waals surface area contributed by atoms with Crippen molar-refractivity contribution >= 4 is 27.4 Å². The van der Waals surface area contributed by atoms with Gasteiger partial charge in [-0.1, -0.05) is 6.07 Å². The molecule has 0 aliphatic carbocycles. The van der Waals surface area contributed by atoms with Crippen LogP contribution < -0.4 is 5.32 Å². The first-order valence-corrected chi connectivity index (χ1v) is 6.70. The summed E-state index contributed by atoms with van der Waals surface area (Å²) in [6.45, 7) is 0. The molecule has 1 amide bonds. The number of amides is 1. The van der Waals surface area contributed by atoms with E-state index in [1.165, 1.54) is 24.3 Å². The molecule has 1 aromatic rings. The Morgan fingerprint density at radius 2 is 1.94 bits per heavy atom. The molecular formula is C11H11NO5S. The molecule has 1 aromatic carbocycles. The molecule has 0 unspecified atom stereocenters. The van der Waals surface area contributed by atoms with Crippen molar-refractivity contribution in [3.8, 4) is 0 Å². The van der Waals surface area contributed by atoms with Crippen molar-refractivity contribution in [3.05, 3.63) is 36.4 Å². The molecule has 0 saturated heterocycles. The maximum Gasteiger partial charge on any atom is 0.328 e. The van der Waals surface area contributed by atoms with Crippen molar-refractivity contribution in [2.75, 3.05) is 11.6 Å². The number of sulfone groups is 1. The largest absolute Gasteiger partial charge is 0.478 e. The molecule has 0 atom stereocenters. The molecule has 0 aliphatic rings. The number of anilines is 1. The van der Waals surface area contributed by atoms with Crippen molar-refractivity contribution in [2.45, 2.75) is 4.90 Å². The van der Waals surface area contributed by atoms with E-state index in [1.807, 2.05) is 0 Å². The van der Waals surface area contributed by atoms with E-state index in [0.717, 1.165) is 12.3 Å². The highest BCUT2D eigenvalue weighted by molar-refractivity contribution is 7.90. The van der Waals surface area contributed by atoms with Crippen LogP contribution in [0.5, 0.6) is 0 Å². The summed E-state index contributed by atoms with van der Waals surface area (Å²) >= 11 is 0. The first kappa shape index (κ1) is 13.9. The average Bonchev–Trinajstić information content (AvgIpc) is 2.25. The number of hydrogen-bond acceptors (Lipinski definition) is 4. The molecule has 0 saturated carbocycles. The molecule has 0 heterocycles. The number of nitrogens with one attached hydrogen (secondary N) is 1. The van der Waals surface area contributed by atoms with Gasteiger partial charge < -0.3 is 10.4 Å². The molecule has 6 nitrogen and oxygen atoms in total. The van der Waals surface area contributed by atoms with Gasteiger partial charge >= 0.3 is 5.97 Å². The topological polar surface area (TPSA) is 101 Å². The second-order valence-corrected chi connectivity index (χ2v) is 5.48. The Kier molecular flexibility index (Phi) is 4.22. The van der Waals surface area contributed by atoms with E-state index in [1.54, 1.807) is 0 Å². The molecule has 2 N–H and O–H groups in total. The molecule has 0 aromatic heterocycles. The maximum atomic E-state index is 11.3. The third kappa shape index (κ3) is 4.38. The van der Waals surface area contributed by atoms with Crippen molar-refractivity contribution in [2.24, 2.45) is 0 Å². The number of rotatable bonds is 4. The van der Waals surface area contributed by atoms with Crippen molar-refractivity contribution in [3.63, 3.8) is 0 Å². The molecule has 0 fully saturated rings. The zero-order valence-electron chi connectivity index (χ0n) is 9.45. The highest BCUT2D eigenvalue weighted by Crippen LogP contribution is 2.15. The molecule has 1 rings (SSSR count). The lowest BCUT2D eigenvalue weighted by Gasteiger charge is -2.04. The van der Waals surface area contributed by atoms with Gasteiger partial charge in [-0.25, -0.2) is 13.2 Å². The van der Waals surface area contributed by atoms with Gasteiger partial charge in [0.1, 0.15) is 0 Å². The molecule has 0 bridgehead atoms. The Balaban J connectivity index is 2.87. The smallest absolute Gasteiger partial charge is 0.328 e. The fourth-order valence-corrected chi connectivity index (χ4v) is 1.80. The van der Waals surface area contributed by atoms with Crippen LogP contribution in [-0.2, 0) is 19.4 Å². The number of hydrogen-bond donors (Lipinski definition) is 2. The fraction of sp³-hybridized carbons (Fsp3) is 0.0909. The third-order valence-electron chi connectivity index (χ3n) is 1.91. The molecule has 96 valence electrons. The van der Waals surface area contributed by atoms with Crippen LogP contribution in [0.2, 0.25) is 0 Å². The van der Waals surface area contributed by atoms with Crippen LogP contribution in [0.3, 0.4) is 0 Å². The first-order chi connectivity index (χ1) is 8.29. The van der Waals surface area contributed by atoms with Gasteiger partial charge in [0.05, 0.1) is 4.90 Å². The lowest BCUT2D eigenvalue weighted by Crippen LogP contribution is -2.09. The lowest BCUT2D eigenvalue weighted by molar-refractivity contribution is -0.131. The normalized spacial score (nSPS) is 11.4. The van der Waals surface area contributed by atoms with Crippen LogP contribution >= 0.6 is 0 Å². The minimum absolute atomic E-state index is 0.0718. The van der Waals surface area contributed by atoms with Gasteiger partial charge in [0, 0.05) is 24.1 Å². The van der Waals surface area contributed by atoms with E-state index >= 15 is 0 Å².